The molecule has 4 aromatic rings. The number of imidazole rings is 1. The minimum absolute atomic E-state index is 0.0105. The first-order valence-corrected chi connectivity index (χ1v) is 21.7. The van der Waals surface area contributed by atoms with Crippen LogP contribution in [0.2, 0.25) is 0 Å². The fourth-order valence-corrected chi connectivity index (χ4v) is 8.93. The molecule has 8 atom stereocenters. The third-order valence-corrected chi connectivity index (χ3v) is 12.8. The normalized spacial score (nSPS) is 21.6. The van der Waals surface area contributed by atoms with Gasteiger partial charge in [0.1, 0.15) is 35.8 Å². The van der Waals surface area contributed by atoms with Gasteiger partial charge in [-0.1, -0.05) is 48.0 Å². The summed E-state index contributed by atoms with van der Waals surface area (Å²) in [5.41, 5.74) is 1.64. The summed E-state index contributed by atoms with van der Waals surface area (Å²) in [4.78, 5) is 66.0. The number of fused-ring (bicyclic) bond motifs is 2. The average Bonchev–Trinajstić information content (AvgIpc) is 3.97. The van der Waals surface area contributed by atoms with Gasteiger partial charge in [0.2, 0.25) is 17.7 Å². The largest absolute Gasteiger partial charge is 0.352 e. The molecule has 2 aliphatic rings. The molecule has 6 rings (SSSR count). The Balaban J connectivity index is 1.42. The molecule has 11 nitrogen and oxygen atoms in total. The fourth-order valence-electron chi connectivity index (χ4n) is 8.93. The van der Waals surface area contributed by atoms with Gasteiger partial charge in [0.05, 0.1) is 41.9 Å². The molecule has 2 saturated heterocycles. The number of aromatic nitrogens is 3. The minimum atomic E-state index is -1.34. The molecule has 0 spiro atoms. The molecular formula is C46H61F4N7O4. The number of nitrogens with zero attached hydrogens (tertiary/aromatic N) is 4. The van der Waals surface area contributed by atoms with E-state index in [1.165, 1.54) is 29.2 Å². The zero-order chi connectivity index (χ0) is 44.5. The fraction of sp³-hybridized carbons (Fsp3) is 0.587. The number of alkyl halides is 2. The molecule has 0 aliphatic carbocycles. The van der Waals surface area contributed by atoms with Crippen LogP contribution in [0.1, 0.15) is 92.6 Å². The predicted octanol–water partition coefficient (Wildman–Crippen LogP) is 7.44. The summed E-state index contributed by atoms with van der Waals surface area (Å²) in [7, 11) is 1.68. The van der Waals surface area contributed by atoms with Gasteiger partial charge in [-0.15, -0.1) is 0 Å². The first-order chi connectivity index (χ1) is 28.8. The Labute approximate surface area is 355 Å². The van der Waals surface area contributed by atoms with E-state index in [0.29, 0.717) is 52.8 Å². The highest BCUT2D eigenvalue weighted by atomic mass is 19.1. The van der Waals surface area contributed by atoms with Crippen LogP contribution in [0.3, 0.4) is 0 Å². The van der Waals surface area contributed by atoms with Crippen molar-refractivity contribution in [2.24, 2.45) is 17.3 Å². The van der Waals surface area contributed by atoms with Crippen molar-refractivity contribution in [2.75, 3.05) is 20.1 Å². The lowest BCUT2D eigenvalue weighted by atomic mass is 9.76. The number of nitrogens with one attached hydrogen (secondary N) is 3. The molecule has 332 valence electrons. The quantitative estimate of drug-likeness (QED) is 0.101. The summed E-state index contributed by atoms with van der Waals surface area (Å²) >= 11 is 0. The van der Waals surface area contributed by atoms with Crippen molar-refractivity contribution in [1.82, 2.24) is 35.0 Å². The lowest BCUT2D eigenvalue weighted by molar-refractivity contribution is -0.143. The number of H-pyrrole nitrogens is 1. The second-order valence-corrected chi connectivity index (χ2v) is 18.3. The lowest BCUT2D eigenvalue weighted by Crippen LogP contribution is -2.51. The van der Waals surface area contributed by atoms with E-state index in [-0.39, 0.29) is 80.3 Å². The van der Waals surface area contributed by atoms with Crippen LogP contribution in [-0.2, 0) is 32.1 Å². The van der Waals surface area contributed by atoms with E-state index in [2.05, 4.69) is 15.6 Å². The molecule has 0 saturated carbocycles. The molecule has 3 N–H and O–H groups in total. The van der Waals surface area contributed by atoms with E-state index in [4.69, 9.17) is 4.98 Å². The molecule has 2 aromatic heterocycles. The minimum Gasteiger partial charge on any atom is -0.352 e. The zero-order valence-corrected chi connectivity index (χ0v) is 36.6. The van der Waals surface area contributed by atoms with Gasteiger partial charge in [-0.3, -0.25) is 19.2 Å². The number of halogens is 4. The SMILES string of the molecule is CCCC(NC(=O)C(C)CC)C(=O)N1CC(F)CC1Cn1c(-c2[nH]c3cc(F)ccc3c2CC2CC(F)CN2C(=O)C(CC(=O)C(C)NC)C(C)(C)C)nc2cc(F)ccc21. The van der Waals surface area contributed by atoms with Gasteiger partial charge in [0.25, 0.3) is 0 Å². The molecule has 3 amide bonds. The number of rotatable bonds is 16. The van der Waals surface area contributed by atoms with Crippen molar-refractivity contribution in [2.45, 2.75) is 136 Å². The number of ketones is 1. The monoisotopic (exact) mass is 851 g/mol. The lowest BCUT2D eigenvalue weighted by Gasteiger charge is -2.35. The van der Waals surface area contributed by atoms with Crippen LogP contribution in [-0.4, -0.2) is 104 Å². The molecular weight excluding hydrogens is 791 g/mol. The molecule has 4 heterocycles. The van der Waals surface area contributed by atoms with Crippen LogP contribution in [0.4, 0.5) is 17.6 Å². The van der Waals surface area contributed by atoms with E-state index < -0.39 is 59.5 Å². The van der Waals surface area contributed by atoms with Gasteiger partial charge in [-0.25, -0.2) is 22.5 Å². The maximum atomic E-state index is 15.6. The number of hydrogen-bond donors (Lipinski definition) is 3. The molecule has 2 aliphatic heterocycles. The number of benzene rings is 2. The Morgan fingerprint density at radius 1 is 0.918 bits per heavy atom. The maximum Gasteiger partial charge on any atom is 0.245 e. The highest BCUT2D eigenvalue weighted by Gasteiger charge is 2.44. The predicted molar refractivity (Wildman–Crippen MR) is 228 cm³/mol. The summed E-state index contributed by atoms with van der Waals surface area (Å²) in [5.74, 6) is -2.85. The van der Waals surface area contributed by atoms with Crippen LogP contribution < -0.4 is 10.6 Å². The summed E-state index contributed by atoms with van der Waals surface area (Å²) in [6.45, 7) is 12.7. The van der Waals surface area contributed by atoms with E-state index in [0.717, 1.165) is 0 Å². The molecule has 0 radical (unpaired) electrons. The maximum absolute atomic E-state index is 15.6. The molecule has 0 bridgehead atoms. The van der Waals surface area contributed by atoms with Crippen molar-refractivity contribution < 1.29 is 36.7 Å². The van der Waals surface area contributed by atoms with E-state index in [1.807, 2.05) is 34.6 Å². The molecule has 2 fully saturated rings. The molecule has 61 heavy (non-hydrogen) atoms. The highest BCUT2D eigenvalue weighted by molar-refractivity contribution is 5.93. The summed E-state index contributed by atoms with van der Waals surface area (Å²) in [6, 6.07) is 5.77. The molecule has 15 heteroatoms. The zero-order valence-electron chi connectivity index (χ0n) is 36.6. The van der Waals surface area contributed by atoms with Crippen LogP contribution in [0.25, 0.3) is 33.5 Å². The van der Waals surface area contributed by atoms with Crippen LogP contribution >= 0.6 is 0 Å². The Hall–Kier alpha value is -4.79. The standard InChI is InChI=1S/C46H61F4N7O4/c1-9-11-36(54-43(59)25(3)10-2)45(61)56-23-30(50)17-32(56)24-57-39-15-13-28(48)19-38(39)53-42(57)41-34(33-14-12-27(47)18-37(33)52-41)20-31-16-29(49)22-55(31)44(60)35(46(5,6)7)21-40(58)26(4)51-8/h12-15,18-19,25-26,29-32,35-36,51-52H,9-11,16-17,20-24H2,1-8H3,(H,54,59). The second kappa shape index (κ2) is 18.7. The average molecular weight is 852 g/mol. The number of carbonyl (C=O) groups is 4. The first kappa shape index (κ1) is 45.7. The summed E-state index contributed by atoms with van der Waals surface area (Å²) in [6.07, 6.45) is -0.934. The van der Waals surface area contributed by atoms with Gasteiger partial charge < -0.3 is 30.0 Å². The Morgan fingerprint density at radius 3 is 2.20 bits per heavy atom. The number of hydrogen-bond acceptors (Lipinski definition) is 6. The third kappa shape index (κ3) is 9.81. The topological polar surface area (TPSA) is 132 Å². The third-order valence-electron chi connectivity index (χ3n) is 12.8. The molecule has 2 aromatic carbocycles. The number of likely N-dealkylation sites (tertiary alicyclic amines) is 2. The Bertz CT molecular complexity index is 2250. The number of likely N-dealkylation sites (N-methyl/N-ethyl adjacent to an activating group) is 1. The summed E-state index contributed by atoms with van der Waals surface area (Å²) < 4.78 is 62.5. The van der Waals surface area contributed by atoms with E-state index in [9.17, 15) is 28.0 Å². The van der Waals surface area contributed by atoms with Gasteiger partial charge in [0, 0.05) is 60.7 Å². The van der Waals surface area contributed by atoms with Crippen LogP contribution in [0.15, 0.2) is 36.4 Å². The number of Topliss-reactive ketones (excluding diaryl/α,β-unsaturated/α-hetero) is 1. The number of aromatic amines is 1. The summed E-state index contributed by atoms with van der Waals surface area (Å²) in [5, 5.41) is 6.45. The first-order valence-electron chi connectivity index (χ1n) is 21.7. The van der Waals surface area contributed by atoms with Crippen molar-refractivity contribution in [3.05, 3.63) is 53.6 Å². The van der Waals surface area contributed by atoms with E-state index in [1.54, 1.807) is 42.5 Å². The van der Waals surface area contributed by atoms with Gasteiger partial charge in [0.15, 0.2) is 5.82 Å². The van der Waals surface area contributed by atoms with E-state index >= 15 is 8.78 Å². The van der Waals surface area contributed by atoms with Crippen molar-refractivity contribution >= 4 is 45.4 Å². The second-order valence-electron chi connectivity index (χ2n) is 18.3. The van der Waals surface area contributed by atoms with Crippen molar-refractivity contribution in [1.29, 1.82) is 0 Å². The van der Waals surface area contributed by atoms with Crippen molar-refractivity contribution in [3.8, 4) is 11.5 Å². The number of carbonyl (C=O) groups excluding carboxylic acids is 4. The van der Waals surface area contributed by atoms with Crippen LogP contribution in [0, 0.1) is 28.9 Å². The molecule has 8 unspecified atom stereocenters. The van der Waals surface area contributed by atoms with Crippen molar-refractivity contribution in [3.63, 3.8) is 0 Å². The Morgan fingerprint density at radius 2 is 1.56 bits per heavy atom. The Kier molecular flexibility index (Phi) is 14.0. The smallest absolute Gasteiger partial charge is 0.245 e. The van der Waals surface area contributed by atoms with Gasteiger partial charge >= 0.3 is 0 Å². The number of amides is 3. The highest BCUT2D eigenvalue weighted by Crippen LogP contribution is 2.39. The van der Waals surface area contributed by atoms with Crippen LogP contribution in [0.5, 0.6) is 0 Å². The van der Waals surface area contributed by atoms with Gasteiger partial charge in [-0.2, -0.15) is 0 Å². The van der Waals surface area contributed by atoms with Gasteiger partial charge in [-0.05, 0) is 74.5 Å².